The summed E-state index contributed by atoms with van der Waals surface area (Å²) >= 11 is 0. The van der Waals surface area contributed by atoms with Gasteiger partial charge in [-0.15, -0.1) is 0 Å². The number of rotatable bonds is 5. The molecule has 0 aliphatic heterocycles. The SMILES string of the molecule is COc1cc(OC)c(OC)c([C@@H]2C[C@H]2C=O)c1. The van der Waals surface area contributed by atoms with Crippen LogP contribution in [-0.4, -0.2) is 27.6 Å². The summed E-state index contributed by atoms with van der Waals surface area (Å²) in [7, 11) is 4.80. The number of ether oxygens (including phenoxy) is 3. The molecule has 0 radical (unpaired) electrons. The van der Waals surface area contributed by atoms with Crippen molar-refractivity contribution in [3.05, 3.63) is 17.7 Å². The quantitative estimate of drug-likeness (QED) is 0.734. The van der Waals surface area contributed by atoms with Crippen molar-refractivity contribution in [2.24, 2.45) is 5.92 Å². The molecule has 1 saturated carbocycles. The lowest BCUT2D eigenvalue weighted by Gasteiger charge is -2.14. The average Bonchev–Trinajstić information content (AvgIpc) is 3.16. The minimum Gasteiger partial charge on any atom is -0.497 e. The van der Waals surface area contributed by atoms with Crippen LogP contribution < -0.4 is 14.2 Å². The Morgan fingerprint density at radius 2 is 1.94 bits per heavy atom. The molecule has 0 saturated heterocycles. The lowest BCUT2D eigenvalue weighted by Crippen LogP contribution is -1.98. The maximum Gasteiger partial charge on any atom is 0.164 e. The fraction of sp³-hybridized carbons (Fsp3) is 0.462. The van der Waals surface area contributed by atoms with Gasteiger partial charge in [0, 0.05) is 17.5 Å². The van der Waals surface area contributed by atoms with Crippen molar-refractivity contribution >= 4 is 6.29 Å². The van der Waals surface area contributed by atoms with Crippen LogP contribution in [-0.2, 0) is 4.79 Å². The smallest absolute Gasteiger partial charge is 0.164 e. The third-order valence-electron chi connectivity index (χ3n) is 3.13. The lowest BCUT2D eigenvalue weighted by molar-refractivity contribution is -0.108. The van der Waals surface area contributed by atoms with Crippen molar-refractivity contribution in [1.29, 1.82) is 0 Å². The summed E-state index contributed by atoms with van der Waals surface area (Å²) in [4.78, 5) is 10.8. The monoisotopic (exact) mass is 236 g/mol. The number of hydrogen-bond acceptors (Lipinski definition) is 4. The van der Waals surface area contributed by atoms with Crippen molar-refractivity contribution in [1.82, 2.24) is 0 Å². The number of carbonyl (C=O) groups excluding carboxylic acids is 1. The van der Waals surface area contributed by atoms with Gasteiger partial charge in [-0.2, -0.15) is 0 Å². The zero-order chi connectivity index (χ0) is 12.4. The van der Waals surface area contributed by atoms with Crippen LogP contribution in [0.4, 0.5) is 0 Å². The molecular weight excluding hydrogens is 220 g/mol. The molecule has 0 spiro atoms. The van der Waals surface area contributed by atoms with Gasteiger partial charge in [0.25, 0.3) is 0 Å². The average molecular weight is 236 g/mol. The van der Waals surface area contributed by atoms with Crippen molar-refractivity contribution in [3.63, 3.8) is 0 Å². The Morgan fingerprint density at radius 3 is 2.41 bits per heavy atom. The molecule has 17 heavy (non-hydrogen) atoms. The van der Waals surface area contributed by atoms with Crippen molar-refractivity contribution in [2.45, 2.75) is 12.3 Å². The van der Waals surface area contributed by atoms with Gasteiger partial charge in [-0.3, -0.25) is 0 Å². The Balaban J connectivity index is 2.44. The number of hydrogen-bond donors (Lipinski definition) is 0. The molecule has 0 N–H and O–H groups in total. The minimum absolute atomic E-state index is 0.0979. The van der Waals surface area contributed by atoms with Gasteiger partial charge < -0.3 is 19.0 Å². The number of benzene rings is 1. The minimum atomic E-state index is 0.0979. The van der Waals surface area contributed by atoms with Crippen LogP contribution in [0.2, 0.25) is 0 Å². The molecule has 0 heterocycles. The molecule has 4 heteroatoms. The van der Waals surface area contributed by atoms with Gasteiger partial charge in [-0.25, -0.2) is 0 Å². The van der Waals surface area contributed by atoms with Gasteiger partial charge in [-0.05, 0) is 18.4 Å². The largest absolute Gasteiger partial charge is 0.497 e. The van der Waals surface area contributed by atoms with E-state index in [4.69, 9.17) is 14.2 Å². The van der Waals surface area contributed by atoms with E-state index in [1.54, 1.807) is 27.4 Å². The predicted molar refractivity (Wildman–Crippen MR) is 63.0 cm³/mol. The summed E-state index contributed by atoms with van der Waals surface area (Å²) in [5.41, 5.74) is 0.987. The highest BCUT2D eigenvalue weighted by molar-refractivity contribution is 5.64. The van der Waals surface area contributed by atoms with Gasteiger partial charge in [0.1, 0.15) is 12.0 Å². The van der Waals surface area contributed by atoms with Crippen LogP contribution in [0.1, 0.15) is 17.9 Å². The predicted octanol–water partition coefficient (Wildman–Crippen LogP) is 2.01. The van der Waals surface area contributed by atoms with Crippen molar-refractivity contribution < 1.29 is 19.0 Å². The third kappa shape index (κ3) is 2.07. The Labute approximate surface area is 100 Å². The van der Waals surface area contributed by atoms with Crippen LogP contribution in [0.25, 0.3) is 0 Å². The van der Waals surface area contributed by atoms with E-state index in [0.717, 1.165) is 18.3 Å². The molecule has 1 aromatic carbocycles. The number of carbonyl (C=O) groups is 1. The molecule has 4 nitrogen and oxygen atoms in total. The molecule has 1 aliphatic rings. The highest BCUT2D eigenvalue weighted by Gasteiger charge is 2.40. The number of aldehydes is 1. The van der Waals surface area contributed by atoms with Crippen LogP contribution in [0.3, 0.4) is 0 Å². The summed E-state index contributed by atoms with van der Waals surface area (Å²) in [5.74, 6) is 2.38. The molecule has 92 valence electrons. The molecular formula is C13H16O4. The van der Waals surface area contributed by atoms with E-state index in [0.29, 0.717) is 17.2 Å². The summed E-state index contributed by atoms with van der Waals surface area (Å²) in [6, 6.07) is 3.69. The van der Waals surface area contributed by atoms with Crippen molar-refractivity contribution in [2.75, 3.05) is 21.3 Å². The standard InChI is InChI=1S/C13H16O4/c1-15-9-5-11(10-4-8(10)7-14)13(17-3)12(6-9)16-2/h5-8,10H,4H2,1-3H3/t8-,10+/m0/s1. The molecule has 2 rings (SSSR count). The molecule has 1 fully saturated rings. The molecule has 1 aromatic rings. The van der Waals surface area contributed by atoms with Gasteiger partial charge in [0.15, 0.2) is 11.5 Å². The zero-order valence-corrected chi connectivity index (χ0v) is 10.2. The Hall–Kier alpha value is -1.71. The van der Waals surface area contributed by atoms with Gasteiger partial charge in [0.2, 0.25) is 0 Å². The summed E-state index contributed by atoms with van der Waals surface area (Å²) in [6.07, 6.45) is 1.87. The van der Waals surface area contributed by atoms with Crippen LogP contribution in [0.15, 0.2) is 12.1 Å². The fourth-order valence-electron chi connectivity index (χ4n) is 2.08. The summed E-state index contributed by atoms with van der Waals surface area (Å²) in [6.45, 7) is 0. The fourth-order valence-corrected chi connectivity index (χ4v) is 2.08. The van der Waals surface area contributed by atoms with Gasteiger partial charge in [0.05, 0.1) is 21.3 Å². The maximum atomic E-state index is 10.8. The molecule has 0 bridgehead atoms. The van der Waals surface area contributed by atoms with Crippen LogP contribution in [0.5, 0.6) is 17.2 Å². The van der Waals surface area contributed by atoms with E-state index in [2.05, 4.69) is 0 Å². The normalized spacial score (nSPS) is 21.8. The molecule has 2 atom stereocenters. The van der Waals surface area contributed by atoms with E-state index >= 15 is 0 Å². The van der Waals surface area contributed by atoms with E-state index in [1.807, 2.05) is 6.07 Å². The van der Waals surface area contributed by atoms with Gasteiger partial charge in [-0.1, -0.05) is 0 Å². The second-order valence-electron chi connectivity index (χ2n) is 4.09. The lowest BCUT2D eigenvalue weighted by atomic mass is 10.1. The first-order chi connectivity index (χ1) is 8.24. The maximum absolute atomic E-state index is 10.8. The van der Waals surface area contributed by atoms with Crippen molar-refractivity contribution in [3.8, 4) is 17.2 Å². The third-order valence-corrected chi connectivity index (χ3v) is 3.13. The van der Waals surface area contributed by atoms with E-state index in [9.17, 15) is 4.79 Å². The first kappa shape index (κ1) is 11.8. The first-order valence-electron chi connectivity index (χ1n) is 5.50. The Kier molecular flexibility index (Phi) is 3.22. The summed E-state index contributed by atoms with van der Waals surface area (Å²) in [5, 5.41) is 0. The topological polar surface area (TPSA) is 44.8 Å². The van der Waals surface area contributed by atoms with Gasteiger partial charge >= 0.3 is 0 Å². The van der Waals surface area contributed by atoms with Crippen LogP contribution in [0, 0.1) is 5.92 Å². The summed E-state index contributed by atoms with van der Waals surface area (Å²) < 4.78 is 15.9. The second-order valence-corrected chi connectivity index (χ2v) is 4.09. The zero-order valence-electron chi connectivity index (χ0n) is 10.2. The molecule has 1 aliphatic carbocycles. The Morgan fingerprint density at radius 1 is 1.18 bits per heavy atom. The molecule has 0 aromatic heterocycles. The van der Waals surface area contributed by atoms with Crippen LogP contribution >= 0.6 is 0 Å². The first-order valence-corrected chi connectivity index (χ1v) is 5.50. The Bertz CT molecular complexity index is 428. The molecule has 0 unspecified atom stereocenters. The second kappa shape index (κ2) is 4.65. The van der Waals surface area contributed by atoms with E-state index < -0.39 is 0 Å². The highest BCUT2D eigenvalue weighted by Crippen LogP contribution is 2.52. The van der Waals surface area contributed by atoms with E-state index in [1.165, 1.54) is 0 Å². The van der Waals surface area contributed by atoms with E-state index in [-0.39, 0.29) is 11.8 Å². The molecule has 0 amide bonds. The number of methoxy groups -OCH3 is 3. The highest BCUT2D eigenvalue weighted by atomic mass is 16.5.